The normalized spacial score (nSPS) is 11.7. The molecule has 1 aromatic carbocycles. The largest absolute Gasteiger partial charge is 0.367 e. The highest BCUT2D eigenvalue weighted by Crippen LogP contribution is 2.07. The van der Waals surface area contributed by atoms with Crippen LogP contribution in [0.1, 0.15) is 35.7 Å². The van der Waals surface area contributed by atoms with Crippen molar-refractivity contribution in [2.24, 2.45) is 5.73 Å². The van der Waals surface area contributed by atoms with Crippen molar-refractivity contribution in [2.45, 2.75) is 32.7 Å². The molecule has 1 atom stereocenters. The Morgan fingerprint density at radius 1 is 1.21 bits per heavy atom. The summed E-state index contributed by atoms with van der Waals surface area (Å²) in [6.45, 7) is 3.73. The number of nitrogens with two attached hydrogens (primary N) is 1. The zero-order chi connectivity index (χ0) is 14.4. The Morgan fingerprint density at radius 3 is 2.26 bits per heavy atom. The van der Waals surface area contributed by atoms with E-state index < -0.39 is 17.7 Å². The van der Waals surface area contributed by atoms with Gasteiger partial charge in [-0.1, -0.05) is 36.8 Å². The first-order chi connectivity index (χ1) is 8.95. The van der Waals surface area contributed by atoms with Gasteiger partial charge in [-0.05, 0) is 13.3 Å². The van der Waals surface area contributed by atoms with Gasteiger partial charge in [0.25, 0.3) is 0 Å². The Bertz CT molecular complexity index is 480. The molecule has 1 aromatic rings. The Morgan fingerprint density at radius 2 is 1.79 bits per heavy atom. The van der Waals surface area contributed by atoms with E-state index in [1.54, 1.807) is 24.3 Å². The number of ketones is 1. The SMILES string of the molecule is CCCC(=O)NC(C(N)=O)C(=O)c1ccc(C)cc1. The van der Waals surface area contributed by atoms with Gasteiger partial charge in [-0.25, -0.2) is 0 Å². The summed E-state index contributed by atoms with van der Waals surface area (Å²) in [5.41, 5.74) is 6.53. The van der Waals surface area contributed by atoms with E-state index >= 15 is 0 Å². The maximum Gasteiger partial charge on any atom is 0.248 e. The number of carbonyl (C=O) groups excluding carboxylic acids is 3. The van der Waals surface area contributed by atoms with E-state index in [2.05, 4.69) is 5.32 Å². The molecule has 0 aliphatic carbocycles. The number of nitrogens with one attached hydrogen (secondary N) is 1. The highest BCUT2D eigenvalue weighted by molar-refractivity contribution is 6.14. The number of benzene rings is 1. The third kappa shape index (κ3) is 4.21. The molecule has 0 aromatic heterocycles. The summed E-state index contributed by atoms with van der Waals surface area (Å²) in [7, 11) is 0. The van der Waals surface area contributed by atoms with Crippen LogP contribution in [0.3, 0.4) is 0 Å². The second-order valence-electron chi connectivity index (χ2n) is 4.38. The molecule has 2 amide bonds. The van der Waals surface area contributed by atoms with E-state index in [9.17, 15) is 14.4 Å². The zero-order valence-corrected chi connectivity index (χ0v) is 11.1. The van der Waals surface area contributed by atoms with E-state index in [-0.39, 0.29) is 12.3 Å². The summed E-state index contributed by atoms with van der Waals surface area (Å²) in [5.74, 6) is -1.70. The summed E-state index contributed by atoms with van der Waals surface area (Å²) < 4.78 is 0. The Labute approximate surface area is 112 Å². The van der Waals surface area contributed by atoms with Gasteiger partial charge < -0.3 is 11.1 Å². The fourth-order valence-corrected chi connectivity index (χ4v) is 1.61. The molecule has 0 fully saturated rings. The minimum Gasteiger partial charge on any atom is -0.367 e. The number of amides is 2. The van der Waals surface area contributed by atoms with Crippen molar-refractivity contribution in [3.8, 4) is 0 Å². The number of carbonyl (C=O) groups is 3. The second kappa shape index (κ2) is 6.68. The van der Waals surface area contributed by atoms with Crippen LogP contribution in [0.4, 0.5) is 0 Å². The van der Waals surface area contributed by atoms with Crippen LogP contribution >= 0.6 is 0 Å². The lowest BCUT2D eigenvalue weighted by Gasteiger charge is -2.14. The van der Waals surface area contributed by atoms with Gasteiger partial charge >= 0.3 is 0 Å². The van der Waals surface area contributed by atoms with Crippen molar-refractivity contribution >= 4 is 17.6 Å². The summed E-state index contributed by atoms with van der Waals surface area (Å²) >= 11 is 0. The molecule has 0 saturated carbocycles. The average molecular weight is 262 g/mol. The summed E-state index contributed by atoms with van der Waals surface area (Å²) in [6, 6.07) is 5.44. The third-order valence-electron chi connectivity index (χ3n) is 2.67. The predicted molar refractivity (Wildman–Crippen MR) is 71.5 cm³/mol. The van der Waals surface area contributed by atoms with Gasteiger partial charge in [0, 0.05) is 12.0 Å². The topological polar surface area (TPSA) is 89.3 Å². The van der Waals surface area contributed by atoms with Gasteiger partial charge in [0.2, 0.25) is 11.8 Å². The highest BCUT2D eigenvalue weighted by atomic mass is 16.2. The van der Waals surface area contributed by atoms with Crippen LogP contribution in [-0.2, 0) is 9.59 Å². The molecule has 0 bridgehead atoms. The lowest BCUT2D eigenvalue weighted by atomic mass is 10.0. The van der Waals surface area contributed by atoms with Crippen LogP contribution < -0.4 is 11.1 Å². The van der Waals surface area contributed by atoms with Crippen molar-refractivity contribution in [3.05, 3.63) is 35.4 Å². The second-order valence-corrected chi connectivity index (χ2v) is 4.38. The molecule has 0 heterocycles. The average Bonchev–Trinajstić information content (AvgIpc) is 2.36. The van der Waals surface area contributed by atoms with Crippen molar-refractivity contribution in [2.75, 3.05) is 0 Å². The van der Waals surface area contributed by atoms with Crippen LogP contribution in [-0.4, -0.2) is 23.6 Å². The molecular formula is C14H18N2O3. The molecule has 1 rings (SSSR count). The van der Waals surface area contributed by atoms with E-state index in [0.717, 1.165) is 5.56 Å². The lowest BCUT2D eigenvalue weighted by Crippen LogP contribution is -2.49. The molecule has 1 unspecified atom stereocenters. The van der Waals surface area contributed by atoms with Crippen LogP contribution in [0.25, 0.3) is 0 Å². The van der Waals surface area contributed by atoms with Crippen molar-refractivity contribution in [1.29, 1.82) is 0 Å². The molecular weight excluding hydrogens is 244 g/mol. The quantitative estimate of drug-likeness (QED) is 0.590. The zero-order valence-electron chi connectivity index (χ0n) is 11.1. The Hall–Kier alpha value is -2.17. The molecule has 5 heteroatoms. The van der Waals surface area contributed by atoms with Crippen LogP contribution in [0.15, 0.2) is 24.3 Å². The molecule has 3 N–H and O–H groups in total. The third-order valence-corrected chi connectivity index (χ3v) is 2.67. The van der Waals surface area contributed by atoms with Crippen LogP contribution in [0, 0.1) is 6.92 Å². The van der Waals surface area contributed by atoms with E-state index in [0.29, 0.717) is 12.0 Å². The van der Waals surface area contributed by atoms with Gasteiger partial charge in [-0.3, -0.25) is 14.4 Å². The number of rotatable bonds is 6. The Kier molecular flexibility index (Phi) is 5.23. The molecule has 0 aliphatic rings. The number of hydrogen-bond donors (Lipinski definition) is 2. The standard InChI is InChI=1S/C14H18N2O3/c1-3-4-11(17)16-12(14(15)19)13(18)10-7-5-9(2)6-8-10/h5-8,12H,3-4H2,1-2H3,(H2,15,19)(H,16,17). The van der Waals surface area contributed by atoms with E-state index in [1.807, 2.05) is 13.8 Å². The molecule has 0 aliphatic heterocycles. The summed E-state index contributed by atoms with van der Waals surface area (Å²) in [5, 5.41) is 2.37. The predicted octanol–water partition coefficient (Wildman–Crippen LogP) is 0.948. The first kappa shape index (κ1) is 14.9. The maximum absolute atomic E-state index is 12.1. The first-order valence-corrected chi connectivity index (χ1v) is 6.15. The molecule has 102 valence electrons. The van der Waals surface area contributed by atoms with Gasteiger partial charge in [0.05, 0.1) is 0 Å². The smallest absolute Gasteiger partial charge is 0.248 e. The van der Waals surface area contributed by atoms with Crippen molar-refractivity contribution in [3.63, 3.8) is 0 Å². The van der Waals surface area contributed by atoms with Gasteiger partial charge in [-0.15, -0.1) is 0 Å². The maximum atomic E-state index is 12.1. The van der Waals surface area contributed by atoms with Gasteiger partial charge in [0.1, 0.15) is 0 Å². The van der Waals surface area contributed by atoms with Crippen LogP contribution in [0.2, 0.25) is 0 Å². The molecule has 0 spiro atoms. The number of hydrogen-bond acceptors (Lipinski definition) is 3. The fourth-order valence-electron chi connectivity index (χ4n) is 1.61. The van der Waals surface area contributed by atoms with Crippen molar-refractivity contribution < 1.29 is 14.4 Å². The van der Waals surface area contributed by atoms with Crippen molar-refractivity contribution in [1.82, 2.24) is 5.32 Å². The fraction of sp³-hybridized carbons (Fsp3) is 0.357. The first-order valence-electron chi connectivity index (χ1n) is 6.15. The highest BCUT2D eigenvalue weighted by Gasteiger charge is 2.26. The van der Waals surface area contributed by atoms with E-state index in [4.69, 9.17) is 5.73 Å². The van der Waals surface area contributed by atoms with Gasteiger partial charge in [0.15, 0.2) is 11.8 Å². The molecule has 19 heavy (non-hydrogen) atoms. The number of aryl methyl sites for hydroxylation is 1. The Balaban J connectivity index is 2.87. The minimum absolute atomic E-state index is 0.255. The molecule has 5 nitrogen and oxygen atoms in total. The van der Waals surface area contributed by atoms with E-state index in [1.165, 1.54) is 0 Å². The van der Waals surface area contributed by atoms with Gasteiger partial charge in [-0.2, -0.15) is 0 Å². The summed E-state index contributed by atoms with van der Waals surface area (Å²) in [6.07, 6.45) is 0.890. The molecule has 0 radical (unpaired) electrons. The summed E-state index contributed by atoms with van der Waals surface area (Å²) in [4.78, 5) is 34.9. The van der Waals surface area contributed by atoms with Crippen LogP contribution in [0.5, 0.6) is 0 Å². The number of primary amides is 1. The minimum atomic E-state index is -1.30. The number of Topliss-reactive ketones (excluding diaryl/α,β-unsaturated/α-hetero) is 1. The monoisotopic (exact) mass is 262 g/mol. The molecule has 0 saturated heterocycles. The lowest BCUT2D eigenvalue weighted by molar-refractivity contribution is -0.126.